The number of aryl methyl sites for hydroxylation is 2. The molecule has 1 aromatic rings. The molecule has 2 rings (SSSR count). The lowest BCUT2D eigenvalue weighted by Gasteiger charge is -2.34. The second-order valence-corrected chi connectivity index (χ2v) is 8.59. The van der Waals surface area contributed by atoms with Gasteiger partial charge in [0.15, 0.2) is 0 Å². The largest absolute Gasteiger partial charge is 0.348 e. The third-order valence-electron chi connectivity index (χ3n) is 4.77. The molecule has 28 heavy (non-hydrogen) atoms. The van der Waals surface area contributed by atoms with Crippen molar-refractivity contribution in [3.05, 3.63) is 29.3 Å². The SMILES string of the molecule is Cc1ccc(NC(=O)C(=O)NCC2CCN(C(=O)NC(C)(C)C)CC2)c(C)c1. The minimum absolute atomic E-state index is 0.0529. The van der Waals surface area contributed by atoms with E-state index in [-0.39, 0.29) is 17.5 Å². The molecular weight excluding hydrogens is 356 g/mol. The van der Waals surface area contributed by atoms with Crippen LogP contribution >= 0.6 is 0 Å². The van der Waals surface area contributed by atoms with E-state index in [9.17, 15) is 14.4 Å². The van der Waals surface area contributed by atoms with Gasteiger partial charge >= 0.3 is 17.8 Å². The van der Waals surface area contributed by atoms with Crippen molar-refractivity contribution in [2.24, 2.45) is 5.92 Å². The Labute approximate surface area is 167 Å². The van der Waals surface area contributed by atoms with E-state index in [2.05, 4.69) is 16.0 Å². The predicted octanol–water partition coefficient (Wildman–Crippen LogP) is 2.58. The van der Waals surface area contributed by atoms with Gasteiger partial charge in [0.05, 0.1) is 0 Å². The predicted molar refractivity (Wildman–Crippen MR) is 110 cm³/mol. The van der Waals surface area contributed by atoms with Gasteiger partial charge in [-0.3, -0.25) is 9.59 Å². The van der Waals surface area contributed by atoms with Gasteiger partial charge in [-0.2, -0.15) is 0 Å². The van der Waals surface area contributed by atoms with Crippen molar-refractivity contribution in [3.63, 3.8) is 0 Å². The third-order valence-corrected chi connectivity index (χ3v) is 4.77. The monoisotopic (exact) mass is 388 g/mol. The van der Waals surface area contributed by atoms with Gasteiger partial charge in [0, 0.05) is 30.9 Å². The average Bonchev–Trinajstić information content (AvgIpc) is 2.61. The molecule has 0 bridgehead atoms. The van der Waals surface area contributed by atoms with E-state index < -0.39 is 11.8 Å². The van der Waals surface area contributed by atoms with Gasteiger partial charge < -0.3 is 20.9 Å². The number of carbonyl (C=O) groups is 3. The second kappa shape index (κ2) is 9.08. The van der Waals surface area contributed by atoms with E-state index in [1.165, 1.54) is 0 Å². The van der Waals surface area contributed by atoms with Crippen LogP contribution in [0.4, 0.5) is 10.5 Å². The molecule has 1 fully saturated rings. The molecule has 7 nitrogen and oxygen atoms in total. The van der Waals surface area contributed by atoms with Crippen molar-refractivity contribution in [3.8, 4) is 0 Å². The topological polar surface area (TPSA) is 90.5 Å². The number of piperidine rings is 1. The van der Waals surface area contributed by atoms with Crippen LogP contribution in [0.1, 0.15) is 44.7 Å². The Bertz CT molecular complexity index is 732. The summed E-state index contributed by atoms with van der Waals surface area (Å²) in [6.45, 7) is 11.5. The fraction of sp³-hybridized carbons (Fsp3) is 0.571. The van der Waals surface area contributed by atoms with Crippen LogP contribution in [0.5, 0.6) is 0 Å². The molecule has 7 heteroatoms. The summed E-state index contributed by atoms with van der Waals surface area (Å²) in [7, 11) is 0. The molecule has 0 unspecified atom stereocenters. The Hall–Kier alpha value is -2.57. The molecule has 0 radical (unpaired) electrons. The summed E-state index contributed by atoms with van der Waals surface area (Å²) in [5, 5.41) is 8.34. The highest BCUT2D eigenvalue weighted by Crippen LogP contribution is 2.18. The zero-order valence-electron chi connectivity index (χ0n) is 17.5. The molecule has 0 aromatic heterocycles. The van der Waals surface area contributed by atoms with Gasteiger partial charge in [-0.15, -0.1) is 0 Å². The van der Waals surface area contributed by atoms with Gasteiger partial charge in [-0.05, 0) is 65.0 Å². The normalized spacial score (nSPS) is 15.1. The lowest BCUT2D eigenvalue weighted by molar-refractivity contribution is -0.136. The summed E-state index contributed by atoms with van der Waals surface area (Å²) in [4.78, 5) is 38.2. The zero-order chi connectivity index (χ0) is 20.9. The first-order valence-electron chi connectivity index (χ1n) is 9.78. The highest BCUT2D eigenvalue weighted by molar-refractivity contribution is 6.39. The molecule has 0 aliphatic carbocycles. The molecule has 1 saturated heterocycles. The summed E-state index contributed by atoms with van der Waals surface area (Å²) in [5.74, 6) is -1.03. The molecule has 1 heterocycles. The molecule has 0 atom stereocenters. The number of benzene rings is 1. The van der Waals surface area contributed by atoms with Crippen LogP contribution in [0.3, 0.4) is 0 Å². The molecular formula is C21H32N4O3. The second-order valence-electron chi connectivity index (χ2n) is 8.59. The number of amides is 4. The molecule has 1 aliphatic heterocycles. The number of rotatable bonds is 3. The van der Waals surface area contributed by atoms with Crippen molar-refractivity contribution >= 4 is 23.5 Å². The zero-order valence-corrected chi connectivity index (χ0v) is 17.5. The summed E-state index contributed by atoms with van der Waals surface area (Å²) in [5.41, 5.74) is 2.40. The van der Waals surface area contributed by atoms with Crippen molar-refractivity contribution in [1.82, 2.24) is 15.5 Å². The van der Waals surface area contributed by atoms with Crippen LogP contribution in [-0.4, -0.2) is 47.9 Å². The van der Waals surface area contributed by atoms with Crippen LogP contribution in [0.25, 0.3) is 0 Å². The highest BCUT2D eigenvalue weighted by atomic mass is 16.2. The Morgan fingerprint density at radius 3 is 2.29 bits per heavy atom. The van der Waals surface area contributed by atoms with Crippen LogP contribution in [0.15, 0.2) is 18.2 Å². The lowest BCUT2D eigenvalue weighted by atomic mass is 9.97. The number of carbonyl (C=O) groups excluding carboxylic acids is 3. The fourth-order valence-corrected chi connectivity index (χ4v) is 3.19. The summed E-state index contributed by atoms with van der Waals surface area (Å²) >= 11 is 0. The van der Waals surface area contributed by atoms with Crippen LogP contribution < -0.4 is 16.0 Å². The molecule has 1 aromatic carbocycles. The number of hydrogen-bond acceptors (Lipinski definition) is 3. The smallest absolute Gasteiger partial charge is 0.317 e. The first-order valence-corrected chi connectivity index (χ1v) is 9.78. The van der Waals surface area contributed by atoms with Gasteiger partial charge in [-0.25, -0.2) is 4.79 Å². The van der Waals surface area contributed by atoms with Crippen LogP contribution in [0, 0.1) is 19.8 Å². The van der Waals surface area contributed by atoms with Gasteiger partial charge in [0.2, 0.25) is 0 Å². The van der Waals surface area contributed by atoms with Crippen molar-refractivity contribution in [2.75, 3.05) is 25.0 Å². The van der Waals surface area contributed by atoms with E-state index >= 15 is 0 Å². The molecule has 4 amide bonds. The van der Waals surface area contributed by atoms with E-state index in [0.717, 1.165) is 24.0 Å². The number of hydrogen-bond donors (Lipinski definition) is 3. The molecule has 0 spiro atoms. The maximum atomic E-state index is 12.2. The van der Waals surface area contributed by atoms with Gasteiger partial charge in [0.1, 0.15) is 0 Å². The van der Waals surface area contributed by atoms with Gasteiger partial charge in [0.25, 0.3) is 0 Å². The van der Waals surface area contributed by atoms with E-state index in [1.54, 1.807) is 11.0 Å². The maximum Gasteiger partial charge on any atom is 0.317 e. The maximum absolute atomic E-state index is 12.2. The third kappa shape index (κ3) is 6.55. The Morgan fingerprint density at radius 2 is 1.71 bits per heavy atom. The Balaban J connectivity index is 1.75. The van der Waals surface area contributed by atoms with Gasteiger partial charge in [-0.1, -0.05) is 17.7 Å². The molecule has 0 saturated carbocycles. The van der Waals surface area contributed by atoms with E-state index in [1.807, 2.05) is 46.8 Å². The summed E-state index contributed by atoms with van der Waals surface area (Å²) < 4.78 is 0. The molecule has 154 valence electrons. The summed E-state index contributed by atoms with van der Waals surface area (Å²) in [6.07, 6.45) is 1.60. The van der Waals surface area contributed by atoms with Crippen LogP contribution in [-0.2, 0) is 9.59 Å². The first-order chi connectivity index (χ1) is 13.0. The average molecular weight is 389 g/mol. The standard InChI is InChI=1S/C21H32N4O3/c1-14-6-7-17(15(2)12-14)23-19(27)18(26)22-13-16-8-10-25(11-9-16)20(28)24-21(3,4)5/h6-7,12,16H,8-11,13H2,1-5H3,(H,22,26)(H,23,27)(H,24,28). The Morgan fingerprint density at radius 1 is 1.07 bits per heavy atom. The molecule has 3 N–H and O–H groups in total. The van der Waals surface area contributed by atoms with E-state index in [0.29, 0.717) is 25.3 Å². The van der Waals surface area contributed by atoms with E-state index in [4.69, 9.17) is 0 Å². The van der Waals surface area contributed by atoms with Crippen molar-refractivity contribution in [2.45, 2.75) is 53.0 Å². The number of anilines is 1. The summed E-state index contributed by atoms with van der Waals surface area (Å²) in [6, 6.07) is 5.60. The number of likely N-dealkylation sites (tertiary alicyclic amines) is 1. The van der Waals surface area contributed by atoms with Crippen LogP contribution in [0.2, 0.25) is 0 Å². The first kappa shape index (κ1) is 21.7. The quantitative estimate of drug-likeness (QED) is 0.695. The number of nitrogens with one attached hydrogen (secondary N) is 3. The minimum atomic E-state index is -0.658. The number of urea groups is 1. The fourth-order valence-electron chi connectivity index (χ4n) is 3.19. The number of nitrogens with zero attached hydrogens (tertiary/aromatic N) is 1. The highest BCUT2D eigenvalue weighted by Gasteiger charge is 2.26. The molecule has 1 aliphatic rings. The van der Waals surface area contributed by atoms with Crippen molar-refractivity contribution in [1.29, 1.82) is 0 Å². The van der Waals surface area contributed by atoms with Crippen molar-refractivity contribution < 1.29 is 14.4 Å². The lowest BCUT2D eigenvalue weighted by Crippen LogP contribution is -2.51. The minimum Gasteiger partial charge on any atom is -0.348 e. The Kier molecular flexibility index (Phi) is 7.05.